The first-order valence-electron chi connectivity index (χ1n) is 7.39. The van der Waals surface area contributed by atoms with Crippen LogP contribution >= 0.6 is 11.6 Å². The zero-order valence-corrected chi connectivity index (χ0v) is 14.4. The number of carbonyl (C=O) groups is 2. The van der Waals surface area contributed by atoms with Crippen molar-refractivity contribution in [3.63, 3.8) is 0 Å². The van der Waals surface area contributed by atoms with Crippen molar-refractivity contribution in [2.24, 2.45) is 0 Å². The molecule has 24 heavy (non-hydrogen) atoms. The van der Waals surface area contributed by atoms with Gasteiger partial charge in [-0.1, -0.05) is 11.6 Å². The van der Waals surface area contributed by atoms with Crippen molar-refractivity contribution in [3.8, 4) is 0 Å². The average molecular weight is 348 g/mol. The zero-order chi connectivity index (χ0) is 17.7. The van der Waals surface area contributed by atoms with E-state index in [-0.39, 0.29) is 6.61 Å². The van der Waals surface area contributed by atoms with Gasteiger partial charge in [-0.15, -0.1) is 0 Å². The molecular formula is C17H18ClN3O3. The highest BCUT2D eigenvalue weighted by Crippen LogP contribution is 2.19. The van der Waals surface area contributed by atoms with Gasteiger partial charge in [-0.2, -0.15) is 0 Å². The van der Waals surface area contributed by atoms with Gasteiger partial charge in [0.15, 0.2) is 0 Å². The van der Waals surface area contributed by atoms with Crippen LogP contribution in [0.4, 0.5) is 16.2 Å². The Bertz CT molecular complexity index is 760. The van der Waals surface area contributed by atoms with E-state index in [0.29, 0.717) is 33.3 Å². The first-order valence-corrected chi connectivity index (χ1v) is 7.77. The van der Waals surface area contributed by atoms with Crippen molar-refractivity contribution >= 4 is 35.0 Å². The number of nitrogens with one attached hydrogen (secondary N) is 2. The van der Waals surface area contributed by atoms with Crippen LogP contribution in [0.5, 0.6) is 0 Å². The van der Waals surface area contributed by atoms with Gasteiger partial charge in [0, 0.05) is 10.7 Å². The number of ether oxygens (including phenoxy) is 1. The van der Waals surface area contributed by atoms with Gasteiger partial charge >= 0.3 is 12.0 Å². The van der Waals surface area contributed by atoms with Crippen LogP contribution in [-0.4, -0.2) is 23.6 Å². The van der Waals surface area contributed by atoms with Gasteiger partial charge in [0.05, 0.1) is 29.2 Å². The maximum atomic E-state index is 12.1. The molecule has 126 valence electrons. The summed E-state index contributed by atoms with van der Waals surface area (Å²) in [6.07, 6.45) is 0. The van der Waals surface area contributed by atoms with Gasteiger partial charge in [-0.3, -0.25) is 4.98 Å². The summed E-state index contributed by atoms with van der Waals surface area (Å²) in [5.74, 6) is -0.469. The second-order valence-corrected chi connectivity index (χ2v) is 5.50. The zero-order valence-electron chi connectivity index (χ0n) is 13.6. The maximum Gasteiger partial charge on any atom is 0.340 e. The van der Waals surface area contributed by atoms with Crippen LogP contribution in [0.3, 0.4) is 0 Å². The van der Waals surface area contributed by atoms with Crippen LogP contribution in [0.1, 0.15) is 28.7 Å². The summed E-state index contributed by atoms with van der Waals surface area (Å²) in [4.78, 5) is 28.3. The highest BCUT2D eigenvalue weighted by molar-refractivity contribution is 6.30. The topological polar surface area (TPSA) is 80.3 Å². The van der Waals surface area contributed by atoms with E-state index in [1.54, 1.807) is 51.1 Å². The number of rotatable bonds is 4. The van der Waals surface area contributed by atoms with Crippen LogP contribution in [0.2, 0.25) is 5.02 Å². The lowest BCUT2D eigenvalue weighted by atomic mass is 10.1. The number of esters is 1. The quantitative estimate of drug-likeness (QED) is 0.813. The fraction of sp³-hybridized carbons (Fsp3) is 0.235. The number of anilines is 2. The number of carbonyl (C=O) groups excluding carboxylic acids is 2. The lowest BCUT2D eigenvalue weighted by Gasteiger charge is -2.12. The SMILES string of the molecule is CCOC(=O)c1cc(NC(=O)Nc2ccc(Cl)cc2)c(C)nc1C. The largest absolute Gasteiger partial charge is 0.462 e. The van der Waals surface area contributed by atoms with Crippen molar-refractivity contribution in [2.75, 3.05) is 17.2 Å². The third kappa shape index (κ3) is 4.45. The van der Waals surface area contributed by atoms with Crippen molar-refractivity contribution < 1.29 is 14.3 Å². The van der Waals surface area contributed by atoms with Crippen LogP contribution in [0.15, 0.2) is 30.3 Å². The van der Waals surface area contributed by atoms with Crippen molar-refractivity contribution in [2.45, 2.75) is 20.8 Å². The van der Waals surface area contributed by atoms with Crippen LogP contribution in [0, 0.1) is 13.8 Å². The Morgan fingerprint density at radius 3 is 2.42 bits per heavy atom. The maximum absolute atomic E-state index is 12.1. The second kappa shape index (κ2) is 7.79. The lowest BCUT2D eigenvalue weighted by molar-refractivity contribution is 0.0525. The molecule has 0 bridgehead atoms. The Hall–Kier alpha value is -2.60. The number of pyridine rings is 1. The summed E-state index contributed by atoms with van der Waals surface area (Å²) < 4.78 is 5.00. The number of aromatic nitrogens is 1. The Morgan fingerprint density at radius 1 is 1.12 bits per heavy atom. The molecule has 6 nitrogen and oxygen atoms in total. The molecule has 1 aromatic carbocycles. The van der Waals surface area contributed by atoms with Crippen LogP contribution in [-0.2, 0) is 4.74 Å². The van der Waals surface area contributed by atoms with E-state index in [9.17, 15) is 9.59 Å². The van der Waals surface area contributed by atoms with Crippen molar-refractivity contribution in [1.82, 2.24) is 4.98 Å². The van der Waals surface area contributed by atoms with Gasteiger partial charge < -0.3 is 15.4 Å². The Labute approximate surface area is 145 Å². The number of urea groups is 1. The third-order valence-electron chi connectivity index (χ3n) is 3.25. The summed E-state index contributed by atoms with van der Waals surface area (Å²) in [6, 6.07) is 7.85. The Balaban J connectivity index is 2.16. The fourth-order valence-corrected chi connectivity index (χ4v) is 2.21. The van der Waals surface area contributed by atoms with Gasteiger partial charge in [-0.05, 0) is 51.1 Å². The molecule has 2 aromatic rings. The van der Waals surface area contributed by atoms with E-state index in [2.05, 4.69) is 15.6 Å². The van der Waals surface area contributed by atoms with Gasteiger partial charge in [0.25, 0.3) is 0 Å². The number of hydrogen-bond acceptors (Lipinski definition) is 4. The third-order valence-corrected chi connectivity index (χ3v) is 3.50. The predicted molar refractivity (Wildman–Crippen MR) is 93.8 cm³/mol. The minimum absolute atomic E-state index is 0.270. The molecule has 1 aromatic heterocycles. The molecule has 0 spiro atoms. The van der Waals surface area contributed by atoms with Crippen LogP contribution in [0.25, 0.3) is 0 Å². The Morgan fingerprint density at radius 2 is 1.79 bits per heavy atom. The summed E-state index contributed by atoms with van der Waals surface area (Å²) in [5.41, 5.74) is 2.51. The standard InChI is InChI=1S/C17H18ClN3O3/c1-4-24-16(22)14-9-15(11(3)19-10(14)2)21-17(23)20-13-7-5-12(18)6-8-13/h5-9H,4H2,1-3H3,(H2,20,21,23). The first kappa shape index (κ1) is 17.7. The average Bonchev–Trinajstić information content (AvgIpc) is 2.52. The van der Waals surface area contributed by atoms with Gasteiger partial charge in [0.2, 0.25) is 0 Å². The normalized spacial score (nSPS) is 10.2. The highest BCUT2D eigenvalue weighted by Gasteiger charge is 2.15. The van der Waals surface area contributed by atoms with E-state index in [4.69, 9.17) is 16.3 Å². The molecule has 0 radical (unpaired) electrons. The number of aryl methyl sites for hydroxylation is 2. The minimum atomic E-state index is -0.469. The molecule has 0 aliphatic rings. The second-order valence-electron chi connectivity index (χ2n) is 5.06. The van der Waals surface area contributed by atoms with E-state index in [0.717, 1.165) is 0 Å². The van der Waals surface area contributed by atoms with E-state index in [1.807, 2.05) is 0 Å². The van der Waals surface area contributed by atoms with Crippen LogP contribution < -0.4 is 10.6 Å². The summed E-state index contributed by atoms with van der Waals surface area (Å²) in [5, 5.41) is 5.95. The Kier molecular flexibility index (Phi) is 5.76. The number of hydrogen-bond donors (Lipinski definition) is 2. The van der Waals surface area contributed by atoms with E-state index >= 15 is 0 Å². The van der Waals surface area contributed by atoms with E-state index < -0.39 is 12.0 Å². The first-order chi connectivity index (χ1) is 11.4. The smallest absolute Gasteiger partial charge is 0.340 e. The molecule has 1 heterocycles. The molecule has 0 aliphatic heterocycles. The molecule has 2 N–H and O–H groups in total. The fourth-order valence-electron chi connectivity index (χ4n) is 2.09. The van der Waals surface area contributed by atoms with Crippen molar-refractivity contribution in [1.29, 1.82) is 0 Å². The number of amides is 2. The number of nitrogens with zero attached hydrogens (tertiary/aromatic N) is 1. The molecule has 0 saturated heterocycles. The summed E-state index contributed by atoms with van der Waals surface area (Å²) >= 11 is 5.81. The minimum Gasteiger partial charge on any atom is -0.462 e. The molecule has 0 unspecified atom stereocenters. The molecule has 0 saturated carbocycles. The monoisotopic (exact) mass is 347 g/mol. The lowest BCUT2D eigenvalue weighted by Crippen LogP contribution is -2.21. The van der Waals surface area contributed by atoms with Gasteiger partial charge in [-0.25, -0.2) is 9.59 Å². The molecule has 0 aliphatic carbocycles. The molecule has 0 atom stereocenters. The highest BCUT2D eigenvalue weighted by atomic mass is 35.5. The number of halogens is 1. The summed E-state index contributed by atoms with van der Waals surface area (Å²) in [6.45, 7) is 5.47. The molecule has 2 rings (SSSR count). The molecule has 0 fully saturated rings. The predicted octanol–water partition coefficient (Wildman–Crippen LogP) is 4.17. The molecular weight excluding hydrogens is 330 g/mol. The molecule has 7 heteroatoms. The number of benzene rings is 1. The summed E-state index contributed by atoms with van der Waals surface area (Å²) in [7, 11) is 0. The van der Waals surface area contributed by atoms with Crippen molar-refractivity contribution in [3.05, 3.63) is 52.3 Å². The van der Waals surface area contributed by atoms with Gasteiger partial charge in [0.1, 0.15) is 0 Å². The van der Waals surface area contributed by atoms with E-state index in [1.165, 1.54) is 0 Å². The molecule has 2 amide bonds.